The van der Waals surface area contributed by atoms with Gasteiger partial charge in [-0.2, -0.15) is 0 Å². The molecule has 0 rings (SSSR count). The number of ether oxygens (including phenoxy) is 2. The molecule has 0 saturated carbocycles. The number of hydrogen-bond donors (Lipinski definition) is 1. The first-order valence-electron chi connectivity index (χ1n) is 32.8. The van der Waals surface area contributed by atoms with E-state index in [1.54, 1.807) is 0 Å². The Kier molecular flexibility index (Phi) is 62.8. The van der Waals surface area contributed by atoms with Gasteiger partial charge in [-0.25, -0.2) is 0 Å². The summed E-state index contributed by atoms with van der Waals surface area (Å²) in [6, 6.07) is 0. The van der Waals surface area contributed by atoms with Crippen molar-refractivity contribution in [3.63, 3.8) is 0 Å². The van der Waals surface area contributed by atoms with Gasteiger partial charge in [0.15, 0.2) is 6.10 Å². The van der Waals surface area contributed by atoms with Gasteiger partial charge in [0.05, 0.1) is 6.61 Å². The van der Waals surface area contributed by atoms with E-state index in [1.165, 1.54) is 263 Å². The molecule has 432 valence electrons. The van der Waals surface area contributed by atoms with Crippen LogP contribution < -0.4 is 0 Å². The summed E-state index contributed by atoms with van der Waals surface area (Å²) < 4.78 is 10.8. The highest BCUT2D eigenvalue weighted by Crippen LogP contribution is 2.18. The number of aliphatic hydroxyl groups is 1. The van der Waals surface area contributed by atoms with Crippen LogP contribution in [0.1, 0.15) is 348 Å². The second-order valence-corrected chi connectivity index (χ2v) is 22.2. The van der Waals surface area contributed by atoms with Crippen molar-refractivity contribution >= 4 is 11.9 Å². The zero-order valence-corrected chi connectivity index (χ0v) is 49.6. The van der Waals surface area contributed by atoms with Crippen LogP contribution in [0, 0.1) is 0 Å². The maximum absolute atomic E-state index is 12.3. The Balaban J connectivity index is 3.43. The molecule has 0 aromatic rings. The molecule has 5 heteroatoms. The minimum atomic E-state index is -0.773. The predicted octanol–water partition coefficient (Wildman–Crippen LogP) is 22.5. The number of hydrogen-bond acceptors (Lipinski definition) is 5. The Morgan fingerprint density at radius 1 is 0.311 bits per heavy atom. The molecule has 1 unspecified atom stereocenters. The van der Waals surface area contributed by atoms with Crippen LogP contribution in [0.2, 0.25) is 0 Å². The molecule has 0 aromatic heterocycles. The van der Waals surface area contributed by atoms with E-state index in [-0.39, 0.29) is 25.2 Å². The number of rotatable bonds is 61. The smallest absolute Gasteiger partial charge is 0.306 e. The second-order valence-electron chi connectivity index (χ2n) is 22.2. The normalized spacial score (nSPS) is 12.5. The Labute approximate surface area is 461 Å². The van der Waals surface area contributed by atoms with Crippen molar-refractivity contribution in [2.24, 2.45) is 0 Å². The van der Waals surface area contributed by atoms with Crippen LogP contribution in [0.5, 0.6) is 0 Å². The van der Waals surface area contributed by atoms with Gasteiger partial charge in [0.25, 0.3) is 0 Å². The van der Waals surface area contributed by atoms with E-state index in [2.05, 4.69) is 74.6 Å². The van der Waals surface area contributed by atoms with Crippen LogP contribution in [0.25, 0.3) is 0 Å². The summed E-state index contributed by atoms with van der Waals surface area (Å²) in [7, 11) is 0. The average Bonchev–Trinajstić information content (AvgIpc) is 3.40. The predicted molar refractivity (Wildman–Crippen MR) is 325 cm³/mol. The highest BCUT2D eigenvalue weighted by molar-refractivity contribution is 5.70. The third-order valence-corrected chi connectivity index (χ3v) is 14.8. The van der Waals surface area contributed by atoms with Gasteiger partial charge in [-0.05, 0) is 83.5 Å². The lowest BCUT2D eigenvalue weighted by Gasteiger charge is -2.15. The first-order chi connectivity index (χ1) is 36.6. The fourth-order valence-corrected chi connectivity index (χ4v) is 9.83. The van der Waals surface area contributed by atoms with Crippen molar-refractivity contribution in [3.05, 3.63) is 60.8 Å². The Morgan fingerprint density at radius 2 is 0.541 bits per heavy atom. The van der Waals surface area contributed by atoms with Crippen LogP contribution in [0.3, 0.4) is 0 Å². The lowest BCUT2D eigenvalue weighted by atomic mass is 10.0. The summed E-state index contributed by atoms with van der Waals surface area (Å²) in [5, 5.41) is 9.69. The van der Waals surface area contributed by atoms with Gasteiger partial charge in [0.1, 0.15) is 6.61 Å². The fourth-order valence-electron chi connectivity index (χ4n) is 9.83. The number of carbonyl (C=O) groups excluding carboxylic acids is 2. The van der Waals surface area contributed by atoms with E-state index < -0.39 is 6.10 Å². The molecule has 5 nitrogen and oxygen atoms in total. The minimum absolute atomic E-state index is 0.0629. The zero-order valence-electron chi connectivity index (χ0n) is 49.6. The minimum Gasteiger partial charge on any atom is -0.462 e. The van der Waals surface area contributed by atoms with Crippen molar-refractivity contribution < 1.29 is 24.2 Å². The molecule has 0 amide bonds. The molecule has 0 bridgehead atoms. The third kappa shape index (κ3) is 62.1. The molecule has 0 aliphatic rings. The molecule has 0 radical (unpaired) electrons. The van der Waals surface area contributed by atoms with Gasteiger partial charge in [0, 0.05) is 12.8 Å². The topological polar surface area (TPSA) is 72.8 Å². The van der Waals surface area contributed by atoms with Gasteiger partial charge >= 0.3 is 11.9 Å². The Bertz CT molecular complexity index is 1260. The zero-order chi connectivity index (χ0) is 53.4. The molecule has 1 atom stereocenters. The van der Waals surface area contributed by atoms with Gasteiger partial charge in [-0.1, -0.05) is 312 Å². The van der Waals surface area contributed by atoms with Crippen molar-refractivity contribution in [1.82, 2.24) is 0 Å². The lowest BCUT2D eigenvalue weighted by molar-refractivity contribution is -0.161. The molecule has 0 aliphatic heterocycles. The molecular weight excluding hydrogens is 909 g/mol. The summed E-state index contributed by atoms with van der Waals surface area (Å²) in [6.07, 6.45) is 88.0. The van der Waals surface area contributed by atoms with Crippen molar-refractivity contribution in [3.8, 4) is 0 Å². The molecule has 0 heterocycles. The van der Waals surface area contributed by atoms with Crippen LogP contribution in [0.15, 0.2) is 60.8 Å². The van der Waals surface area contributed by atoms with E-state index in [9.17, 15) is 14.7 Å². The SMILES string of the molecule is CCCCCCC/C=C\C/C=C\C/C=C\CCCCCCCCCCCCCCCCCCCCC(=O)OC(CO)COC(=O)CCCCCCCCCCCCCCCCC/C=C\C/C=C\CCCCCCC. The Morgan fingerprint density at radius 3 is 0.811 bits per heavy atom. The van der Waals surface area contributed by atoms with Crippen LogP contribution in [-0.4, -0.2) is 36.4 Å². The number of aliphatic hydroxyl groups excluding tert-OH is 1. The van der Waals surface area contributed by atoms with E-state index in [0.29, 0.717) is 12.8 Å². The monoisotopic (exact) mass is 1030 g/mol. The quantitative estimate of drug-likeness (QED) is 0.0373. The van der Waals surface area contributed by atoms with Crippen LogP contribution >= 0.6 is 0 Å². The summed E-state index contributed by atoms with van der Waals surface area (Å²) in [5.74, 6) is -0.574. The van der Waals surface area contributed by atoms with Crippen molar-refractivity contribution in [1.29, 1.82) is 0 Å². The summed E-state index contributed by atoms with van der Waals surface area (Å²) in [5.41, 5.74) is 0. The average molecular weight is 1040 g/mol. The molecule has 0 spiro atoms. The molecule has 0 saturated heterocycles. The largest absolute Gasteiger partial charge is 0.462 e. The third-order valence-electron chi connectivity index (χ3n) is 14.8. The van der Waals surface area contributed by atoms with Gasteiger partial charge < -0.3 is 14.6 Å². The van der Waals surface area contributed by atoms with Gasteiger partial charge in [-0.15, -0.1) is 0 Å². The van der Waals surface area contributed by atoms with Crippen LogP contribution in [0.4, 0.5) is 0 Å². The van der Waals surface area contributed by atoms with E-state index in [4.69, 9.17) is 9.47 Å². The first kappa shape index (κ1) is 71.6. The van der Waals surface area contributed by atoms with Crippen LogP contribution in [-0.2, 0) is 19.1 Å². The number of unbranched alkanes of at least 4 members (excludes halogenated alkanes) is 43. The second kappa shape index (κ2) is 64.9. The fraction of sp³-hybridized carbons (Fsp3) is 0.826. The maximum atomic E-state index is 12.3. The van der Waals surface area contributed by atoms with Crippen molar-refractivity contribution in [2.75, 3.05) is 13.2 Å². The molecular formula is C69H126O5. The molecule has 0 fully saturated rings. The van der Waals surface area contributed by atoms with E-state index >= 15 is 0 Å². The summed E-state index contributed by atoms with van der Waals surface area (Å²) >= 11 is 0. The highest BCUT2D eigenvalue weighted by atomic mass is 16.6. The summed E-state index contributed by atoms with van der Waals surface area (Å²) in [6.45, 7) is 4.16. The maximum Gasteiger partial charge on any atom is 0.306 e. The first-order valence-corrected chi connectivity index (χ1v) is 32.8. The van der Waals surface area contributed by atoms with Crippen molar-refractivity contribution in [2.45, 2.75) is 354 Å². The Hall–Kier alpha value is -2.40. The molecule has 74 heavy (non-hydrogen) atoms. The number of allylic oxidation sites excluding steroid dienone is 10. The summed E-state index contributed by atoms with van der Waals surface area (Å²) in [4.78, 5) is 24.6. The lowest BCUT2D eigenvalue weighted by Crippen LogP contribution is -2.28. The van der Waals surface area contributed by atoms with Gasteiger partial charge in [-0.3, -0.25) is 9.59 Å². The molecule has 0 aromatic carbocycles. The number of esters is 2. The molecule has 0 aliphatic carbocycles. The van der Waals surface area contributed by atoms with Gasteiger partial charge in [0.2, 0.25) is 0 Å². The van der Waals surface area contributed by atoms with E-state index in [0.717, 1.165) is 57.8 Å². The standard InChI is InChI=1S/C69H126O5/c1-3-5-7-9-11-13-15-17-19-21-23-25-27-29-31-32-33-34-35-36-38-40-42-44-46-48-50-52-54-56-58-60-62-64-69(72)74-67(65-70)66-73-68(71)63-61-59-57-55-53-51-49-47-45-43-41-39-37-30-28-26-24-22-20-18-16-14-12-10-8-6-4-2/h15-18,21-24,27,29,67,70H,3-14,19-20,25-26,28,30-66H2,1-2H3/b17-15-,18-16-,23-21-,24-22-,29-27-. The van der Waals surface area contributed by atoms with E-state index in [1.807, 2.05) is 0 Å². The molecule has 1 N–H and O–H groups in total. The highest BCUT2D eigenvalue weighted by Gasteiger charge is 2.16. The number of carbonyl (C=O) groups is 2.